The van der Waals surface area contributed by atoms with Crippen molar-refractivity contribution in [2.24, 2.45) is 0 Å². The number of halogens is 1. The first-order chi connectivity index (χ1) is 21.7. The summed E-state index contributed by atoms with van der Waals surface area (Å²) in [6.07, 6.45) is 0. The molecule has 2 aromatic heterocycles. The number of hydrogen-bond acceptors (Lipinski definition) is 3. The highest BCUT2D eigenvalue weighted by molar-refractivity contribution is 9.10. The molecule has 8 rings (SSSR count). The van der Waals surface area contributed by atoms with Crippen LogP contribution in [0, 0.1) is 0 Å². The number of hydrogen-bond donors (Lipinski definition) is 0. The Kier molecular flexibility index (Phi) is 6.58. The Balaban J connectivity index is 1.32. The smallest absolute Gasteiger partial charge is 0.238 e. The third-order valence-electron chi connectivity index (χ3n) is 7.97. The Morgan fingerprint density at radius 1 is 0.386 bits per heavy atom. The van der Waals surface area contributed by atoms with Gasteiger partial charge in [0.15, 0.2) is 11.6 Å². The third-order valence-corrected chi connectivity index (χ3v) is 8.61. The highest BCUT2D eigenvalue weighted by Gasteiger charge is 2.19. The summed E-state index contributed by atoms with van der Waals surface area (Å²) in [5, 5.41) is 2.28. The maximum Gasteiger partial charge on any atom is 0.238 e. The molecule has 0 bridgehead atoms. The van der Waals surface area contributed by atoms with Gasteiger partial charge in [-0.2, -0.15) is 9.97 Å². The second-order valence-corrected chi connectivity index (χ2v) is 11.5. The molecule has 5 heteroatoms. The lowest BCUT2D eigenvalue weighted by Crippen LogP contribution is -2.06. The molecule has 0 aliphatic rings. The molecule has 6 aromatic carbocycles. The van der Waals surface area contributed by atoms with E-state index in [2.05, 4.69) is 160 Å². The van der Waals surface area contributed by atoms with E-state index in [1.54, 1.807) is 0 Å². The van der Waals surface area contributed by atoms with E-state index in [1.807, 2.05) is 12.1 Å². The predicted molar refractivity (Wildman–Crippen MR) is 184 cm³/mol. The minimum Gasteiger partial charge on any atom is -0.277 e. The zero-order chi connectivity index (χ0) is 29.5. The Hall–Kier alpha value is -5.39. The molecule has 8 aromatic rings. The van der Waals surface area contributed by atoms with Gasteiger partial charge in [0.05, 0.1) is 11.0 Å². The van der Waals surface area contributed by atoms with E-state index in [0.29, 0.717) is 17.6 Å². The van der Waals surface area contributed by atoms with Crippen LogP contribution < -0.4 is 0 Å². The van der Waals surface area contributed by atoms with Crippen molar-refractivity contribution in [3.05, 3.63) is 156 Å². The number of para-hydroxylation sites is 2. The number of fused-ring (bicyclic) bond motifs is 3. The van der Waals surface area contributed by atoms with Gasteiger partial charge in [0.2, 0.25) is 5.95 Å². The van der Waals surface area contributed by atoms with Crippen molar-refractivity contribution in [1.29, 1.82) is 0 Å². The first-order valence-electron chi connectivity index (χ1n) is 14.5. The molecular formula is C39H25BrN4. The normalized spacial score (nSPS) is 11.3. The Morgan fingerprint density at radius 2 is 0.841 bits per heavy atom. The van der Waals surface area contributed by atoms with Crippen LogP contribution in [0.25, 0.3) is 72.8 Å². The topological polar surface area (TPSA) is 43.6 Å². The van der Waals surface area contributed by atoms with Gasteiger partial charge in [-0.1, -0.05) is 140 Å². The molecule has 2 heterocycles. The quantitative estimate of drug-likeness (QED) is 0.190. The molecule has 0 saturated heterocycles. The van der Waals surface area contributed by atoms with Crippen LogP contribution in [0.5, 0.6) is 0 Å². The Bertz CT molecular complexity index is 2160. The van der Waals surface area contributed by atoms with Crippen molar-refractivity contribution in [2.45, 2.75) is 0 Å². The average molecular weight is 630 g/mol. The molecule has 0 fully saturated rings. The van der Waals surface area contributed by atoms with E-state index in [9.17, 15) is 0 Å². The molecule has 0 spiro atoms. The van der Waals surface area contributed by atoms with Gasteiger partial charge in [0.1, 0.15) is 0 Å². The molecule has 44 heavy (non-hydrogen) atoms. The van der Waals surface area contributed by atoms with E-state index < -0.39 is 0 Å². The summed E-state index contributed by atoms with van der Waals surface area (Å²) in [6, 6.07) is 52.3. The molecule has 0 N–H and O–H groups in total. The molecule has 0 atom stereocenters. The summed E-state index contributed by atoms with van der Waals surface area (Å²) in [5.41, 5.74) is 8.55. The average Bonchev–Trinajstić information content (AvgIpc) is 3.45. The first kappa shape index (κ1) is 26.3. The third kappa shape index (κ3) is 4.68. The summed E-state index contributed by atoms with van der Waals surface area (Å²) in [4.78, 5) is 15.2. The predicted octanol–water partition coefficient (Wildman–Crippen LogP) is 10.4. The maximum atomic E-state index is 5.10. The van der Waals surface area contributed by atoms with Crippen molar-refractivity contribution in [1.82, 2.24) is 19.5 Å². The van der Waals surface area contributed by atoms with Gasteiger partial charge < -0.3 is 0 Å². The number of benzene rings is 6. The van der Waals surface area contributed by atoms with Crippen LogP contribution in [0.4, 0.5) is 0 Å². The zero-order valence-electron chi connectivity index (χ0n) is 23.6. The second-order valence-electron chi connectivity index (χ2n) is 10.7. The summed E-state index contributed by atoms with van der Waals surface area (Å²) in [6.45, 7) is 0. The van der Waals surface area contributed by atoms with Crippen LogP contribution in [-0.4, -0.2) is 19.5 Å². The second kappa shape index (κ2) is 11.0. The molecule has 0 saturated carbocycles. The van der Waals surface area contributed by atoms with Gasteiger partial charge in [0.25, 0.3) is 0 Å². The fourth-order valence-corrected chi connectivity index (χ4v) is 6.34. The van der Waals surface area contributed by atoms with Gasteiger partial charge in [-0.15, -0.1) is 0 Å². The minimum atomic E-state index is 0.572. The summed E-state index contributed by atoms with van der Waals surface area (Å²) in [7, 11) is 0. The van der Waals surface area contributed by atoms with E-state index >= 15 is 0 Å². The summed E-state index contributed by atoms with van der Waals surface area (Å²) >= 11 is 3.82. The van der Waals surface area contributed by atoms with Crippen molar-refractivity contribution in [2.75, 3.05) is 0 Å². The lowest BCUT2D eigenvalue weighted by molar-refractivity contribution is 0.952. The standard InChI is InChI=1S/C39H25BrN4/c40-34-16-9-15-33-32-14-7-8-17-35(32)44(36(33)34)39-42-37(30-22-18-28(19-23-30)26-10-3-1-4-11-26)41-38(43-39)31-24-20-29(21-25-31)27-12-5-2-6-13-27/h1-25H. The van der Waals surface area contributed by atoms with E-state index in [-0.39, 0.29) is 0 Å². The van der Waals surface area contributed by atoms with Crippen molar-refractivity contribution < 1.29 is 0 Å². The Labute approximate surface area is 263 Å². The molecule has 4 nitrogen and oxygen atoms in total. The number of rotatable bonds is 5. The van der Waals surface area contributed by atoms with E-state index in [0.717, 1.165) is 48.5 Å². The van der Waals surface area contributed by atoms with Crippen LogP contribution in [-0.2, 0) is 0 Å². The van der Waals surface area contributed by atoms with Crippen molar-refractivity contribution >= 4 is 37.7 Å². The molecular weight excluding hydrogens is 604 g/mol. The van der Waals surface area contributed by atoms with Gasteiger partial charge in [-0.05, 0) is 50.3 Å². The fraction of sp³-hybridized carbons (Fsp3) is 0. The molecule has 0 aliphatic heterocycles. The SMILES string of the molecule is Brc1cccc2c3ccccc3n(-c3nc(-c4ccc(-c5ccccc5)cc4)nc(-c4ccc(-c5ccccc5)cc4)n3)c12. The van der Waals surface area contributed by atoms with Crippen LogP contribution >= 0.6 is 15.9 Å². The molecule has 0 amide bonds. The van der Waals surface area contributed by atoms with Crippen LogP contribution in [0.1, 0.15) is 0 Å². The molecule has 0 unspecified atom stereocenters. The van der Waals surface area contributed by atoms with Crippen LogP contribution in [0.3, 0.4) is 0 Å². The largest absolute Gasteiger partial charge is 0.277 e. The lowest BCUT2D eigenvalue weighted by Gasteiger charge is -2.12. The van der Waals surface area contributed by atoms with Crippen LogP contribution in [0.2, 0.25) is 0 Å². The summed E-state index contributed by atoms with van der Waals surface area (Å²) in [5.74, 6) is 1.81. The highest BCUT2D eigenvalue weighted by atomic mass is 79.9. The molecule has 208 valence electrons. The molecule has 0 aliphatic carbocycles. The van der Waals surface area contributed by atoms with E-state index in [1.165, 1.54) is 11.1 Å². The van der Waals surface area contributed by atoms with Crippen molar-refractivity contribution in [3.8, 4) is 51.0 Å². The first-order valence-corrected chi connectivity index (χ1v) is 15.3. The molecule has 0 radical (unpaired) electrons. The minimum absolute atomic E-state index is 0.572. The van der Waals surface area contributed by atoms with Crippen LogP contribution in [0.15, 0.2) is 156 Å². The monoisotopic (exact) mass is 628 g/mol. The zero-order valence-corrected chi connectivity index (χ0v) is 25.2. The lowest BCUT2D eigenvalue weighted by atomic mass is 10.0. The van der Waals surface area contributed by atoms with Gasteiger partial charge in [-0.25, -0.2) is 4.98 Å². The number of aromatic nitrogens is 4. The fourth-order valence-electron chi connectivity index (χ4n) is 5.79. The highest BCUT2D eigenvalue weighted by Crippen LogP contribution is 2.36. The van der Waals surface area contributed by atoms with Crippen molar-refractivity contribution in [3.63, 3.8) is 0 Å². The van der Waals surface area contributed by atoms with Gasteiger partial charge in [0, 0.05) is 26.4 Å². The Morgan fingerprint density at radius 3 is 1.41 bits per heavy atom. The summed E-state index contributed by atoms with van der Waals surface area (Å²) < 4.78 is 3.12. The number of nitrogens with zero attached hydrogens (tertiary/aromatic N) is 4. The maximum absolute atomic E-state index is 5.10. The van der Waals surface area contributed by atoms with Gasteiger partial charge in [-0.3, -0.25) is 4.57 Å². The van der Waals surface area contributed by atoms with E-state index in [4.69, 9.17) is 15.0 Å². The van der Waals surface area contributed by atoms with Gasteiger partial charge >= 0.3 is 0 Å².